The van der Waals surface area contributed by atoms with Crippen molar-refractivity contribution in [3.63, 3.8) is 0 Å². The van der Waals surface area contributed by atoms with Gasteiger partial charge in [0, 0.05) is 18.7 Å². The summed E-state index contributed by atoms with van der Waals surface area (Å²) in [6, 6.07) is 11.2. The summed E-state index contributed by atoms with van der Waals surface area (Å²) in [6.07, 6.45) is 0. The van der Waals surface area contributed by atoms with E-state index in [-0.39, 0.29) is 18.6 Å². The van der Waals surface area contributed by atoms with Crippen LogP contribution in [0.5, 0.6) is 11.5 Å². The van der Waals surface area contributed by atoms with Crippen molar-refractivity contribution in [2.45, 2.75) is 5.92 Å². The SMILES string of the molecule is O=C(c1cc(-c2ccc3c(c2)OCO3)n[nH]1)N1CC(c2nc(-c3cccs3)no2)C1. The lowest BCUT2D eigenvalue weighted by molar-refractivity contribution is 0.0563. The van der Waals surface area contributed by atoms with Crippen LogP contribution in [0.4, 0.5) is 0 Å². The van der Waals surface area contributed by atoms with Crippen LogP contribution in [0.15, 0.2) is 46.3 Å². The fraction of sp³-hybridized carbons (Fsp3) is 0.200. The quantitative estimate of drug-likeness (QED) is 0.539. The molecule has 0 saturated carbocycles. The van der Waals surface area contributed by atoms with Gasteiger partial charge in [0.25, 0.3) is 5.91 Å². The lowest BCUT2D eigenvalue weighted by atomic mass is 9.99. The molecule has 10 heteroatoms. The fourth-order valence-corrected chi connectivity index (χ4v) is 4.16. The highest BCUT2D eigenvalue weighted by molar-refractivity contribution is 7.13. The Bertz CT molecular complexity index is 1230. The monoisotopic (exact) mass is 421 g/mol. The summed E-state index contributed by atoms with van der Waals surface area (Å²) in [5, 5.41) is 13.1. The van der Waals surface area contributed by atoms with Crippen molar-refractivity contribution in [1.29, 1.82) is 0 Å². The van der Waals surface area contributed by atoms with Crippen molar-refractivity contribution in [2.24, 2.45) is 0 Å². The van der Waals surface area contributed by atoms with Crippen molar-refractivity contribution in [3.05, 3.63) is 53.4 Å². The third-order valence-electron chi connectivity index (χ3n) is 5.18. The van der Waals surface area contributed by atoms with E-state index in [0.717, 1.165) is 10.4 Å². The van der Waals surface area contributed by atoms with Crippen molar-refractivity contribution in [1.82, 2.24) is 25.2 Å². The number of hydrogen-bond donors (Lipinski definition) is 1. The minimum Gasteiger partial charge on any atom is -0.454 e. The summed E-state index contributed by atoms with van der Waals surface area (Å²) >= 11 is 1.56. The number of nitrogens with one attached hydrogen (secondary N) is 1. The second-order valence-corrected chi connectivity index (χ2v) is 8.02. The molecule has 3 aromatic heterocycles. The van der Waals surface area contributed by atoms with Gasteiger partial charge in [0.15, 0.2) is 11.5 Å². The summed E-state index contributed by atoms with van der Waals surface area (Å²) in [5.41, 5.74) is 1.96. The number of rotatable bonds is 4. The van der Waals surface area contributed by atoms with Crippen LogP contribution in [-0.4, -0.2) is 51.0 Å². The van der Waals surface area contributed by atoms with Gasteiger partial charge in [-0.3, -0.25) is 9.89 Å². The molecule has 150 valence electrons. The Balaban J connectivity index is 1.13. The molecule has 0 spiro atoms. The van der Waals surface area contributed by atoms with Gasteiger partial charge in [-0.25, -0.2) is 0 Å². The van der Waals surface area contributed by atoms with Gasteiger partial charge in [0.1, 0.15) is 5.69 Å². The molecule has 1 aromatic carbocycles. The molecule has 0 aliphatic carbocycles. The molecule has 1 N–H and O–H groups in total. The molecule has 9 nitrogen and oxygen atoms in total. The highest BCUT2D eigenvalue weighted by atomic mass is 32.1. The van der Waals surface area contributed by atoms with Gasteiger partial charge in [-0.05, 0) is 35.7 Å². The minimum atomic E-state index is -0.108. The second-order valence-electron chi connectivity index (χ2n) is 7.08. The Kier molecular flexibility index (Phi) is 3.85. The molecule has 5 heterocycles. The summed E-state index contributed by atoms with van der Waals surface area (Å²) in [6.45, 7) is 1.28. The van der Waals surface area contributed by atoms with E-state index >= 15 is 0 Å². The predicted octanol–water partition coefficient (Wildman–Crippen LogP) is 3.16. The standard InChI is InChI=1S/C20H15N5O4S/c26-20(14-7-13(22-23-14)11-3-4-15-16(6-11)28-10-27-15)25-8-12(9-25)19-21-18(24-29-19)17-2-1-5-30-17/h1-7,12H,8-10H2,(H,22,23). The predicted molar refractivity (Wildman–Crippen MR) is 106 cm³/mol. The molecule has 2 aliphatic rings. The van der Waals surface area contributed by atoms with Gasteiger partial charge < -0.3 is 18.9 Å². The maximum atomic E-state index is 12.8. The van der Waals surface area contributed by atoms with Crippen LogP contribution < -0.4 is 9.47 Å². The zero-order chi connectivity index (χ0) is 20.1. The molecule has 0 unspecified atom stereocenters. The van der Waals surface area contributed by atoms with Crippen molar-refractivity contribution in [3.8, 4) is 33.5 Å². The molecule has 1 fully saturated rings. The van der Waals surface area contributed by atoms with Crippen LogP contribution in [0.1, 0.15) is 22.3 Å². The Morgan fingerprint density at radius 1 is 1.17 bits per heavy atom. The average molecular weight is 421 g/mol. The smallest absolute Gasteiger partial charge is 0.271 e. The van der Waals surface area contributed by atoms with Crippen LogP contribution in [0.25, 0.3) is 22.0 Å². The maximum Gasteiger partial charge on any atom is 0.271 e. The number of thiophene rings is 1. The van der Waals surface area contributed by atoms with Gasteiger partial charge in [0.05, 0.1) is 16.5 Å². The average Bonchev–Trinajstić information content (AvgIpc) is 3.53. The molecule has 0 radical (unpaired) electrons. The molecule has 30 heavy (non-hydrogen) atoms. The van der Waals surface area contributed by atoms with Crippen LogP contribution in [0, 0.1) is 0 Å². The Morgan fingerprint density at radius 2 is 2.07 bits per heavy atom. The Labute approximate surface area is 174 Å². The molecule has 0 bridgehead atoms. The topological polar surface area (TPSA) is 106 Å². The van der Waals surface area contributed by atoms with E-state index < -0.39 is 0 Å². The molecule has 0 atom stereocenters. The van der Waals surface area contributed by atoms with E-state index in [2.05, 4.69) is 20.3 Å². The first-order valence-electron chi connectivity index (χ1n) is 9.37. The summed E-state index contributed by atoms with van der Waals surface area (Å²) < 4.78 is 16.1. The van der Waals surface area contributed by atoms with E-state index in [9.17, 15) is 4.79 Å². The van der Waals surface area contributed by atoms with Gasteiger partial charge in [0.2, 0.25) is 18.5 Å². The number of aromatic nitrogens is 4. The third-order valence-corrected chi connectivity index (χ3v) is 6.04. The van der Waals surface area contributed by atoms with Crippen LogP contribution in [0.3, 0.4) is 0 Å². The number of ether oxygens (including phenoxy) is 2. The Morgan fingerprint density at radius 3 is 2.93 bits per heavy atom. The molecular weight excluding hydrogens is 406 g/mol. The van der Waals surface area contributed by atoms with Gasteiger partial charge in [-0.15, -0.1) is 11.3 Å². The van der Waals surface area contributed by atoms with Gasteiger partial charge in [-0.2, -0.15) is 10.1 Å². The summed E-state index contributed by atoms with van der Waals surface area (Å²) in [4.78, 5) is 19.9. The number of nitrogens with zero attached hydrogens (tertiary/aromatic N) is 4. The zero-order valence-corrected chi connectivity index (χ0v) is 16.4. The van der Waals surface area contributed by atoms with E-state index in [1.807, 2.05) is 35.7 Å². The van der Waals surface area contributed by atoms with Gasteiger partial charge in [-0.1, -0.05) is 11.2 Å². The summed E-state index contributed by atoms with van der Waals surface area (Å²) in [7, 11) is 0. The first-order chi connectivity index (χ1) is 14.7. The van der Waals surface area contributed by atoms with E-state index in [1.165, 1.54) is 0 Å². The second kappa shape index (κ2) is 6.70. The lowest BCUT2D eigenvalue weighted by Gasteiger charge is -2.36. The number of H-pyrrole nitrogens is 1. The molecule has 1 amide bonds. The normalized spacial score (nSPS) is 15.4. The van der Waals surface area contributed by atoms with Crippen molar-refractivity contribution in [2.75, 3.05) is 19.9 Å². The number of amides is 1. The van der Waals surface area contributed by atoms with E-state index in [1.54, 1.807) is 22.3 Å². The number of carbonyl (C=O) groups excluding carboxylic acids is 1. The number of carbonyl (C=O) groups is 1. The van der Waals surface area contributed by atoms with Crippen molar-refractivity contribution < 1.29 is 18.8 Å². The minimum absolute atomic E-state index is 0.0476. The third kappa shape index (κ3) is 2.84. The van der Waals surface area contributed by atoms with Gasteiger partial charge >= 0.3 is 0 Å². The Hall–Kier alpha value is -3.66. The largest absolute Gasteiger partial charge is 0.454 e. The molecule has 2 aliphatic heterocycles. The lowest BCUT2D eigenvalue weighted by Crippen LogP contribution is -2.48. The van der Waals surface area contributed by atoms with Crippen LogP contribution in [0.2, 0.25) is 0 Å². The van der Waals surface area contributed by atoms with E-state index in [0.29, 0.717) is 47.7 Å². The highest BCUT2D eigenvalue weighted by Gasteiger charge is 2.36. The highest BCUT2D eigenvalue weighted by Crippen LogP contribution is 2.36. The number of benzene rings is 1. The first kappa shape index (κ1) is 17.2. The van der Waals surface area contributed by atoms with E-state index in [4.69, 9.17) is 14.0 Å². The number of hydrogen-bond acceptors (Lipinski definition) is 8. The molecule has 4 aromatic rings. The summed E-state index contributed by atoms with van der Waals surface area (Å²) in [5.74, 6) is 2.48. The zero-order valence-electron chi connectivity index (χ0n) is 15.6. The number of likely N-dealkylation sites (tertiary alicyclic amines) is 1. The number of fused-ring (bicyclic) bond motifs is 1. The van der Waals surface area contributed by atoms with Crippen molar-refractivity contribution >= 4 is 17.2 Å². The molecule has 6 rings (SSSR count). The first-order valence-corrected chi connectivity index (χ1v) is 10.2. The number of aromatic amines is 1. The fourth-order valence-electron chi connectivity index (χ4n) is 3.51. The molecule has 1 saturated heterocycles. The van der Waals surface area contributed by atoms with Crippen LogP contribution in [-0.2, 0) is 0 Å². The maximum absolute atomic E-state index is 12.8. The van der Waals surface area contributed by atoms with Crippen LogP contribution >= 0.6 is 11.3 Å². The molecular formula is C20H15N5O4S.